The highest BCUT2D eigenvalue weighted by atomic mass is 32.2. The molecule has 1 N–H and O–H groups in total. The average Bonchev–Trinajstić information content (AvgIpc) is 2.77. The minimum absolute atomic E-state index is 0.0167. The lowest BCUT2D eigenvalue weighted by Crippen LogP contribution is -2.22. The molecular formula is C9H15N5O3S. The number of rotatable bonds is 7. The third-order valence-corrected chi connectivity index (χ3v) is 2.90. The smallest absolute Gasteiger partial charge is 0.327 e. The van der Waals surface area contributed by atoms with Gasteiger partial charge < -0.3 is 10.1 Å². The van der Waals surface area contributed by atoms with Gasteiger partial charge in [0.2, 0.25) is 11.1 Å². The summed E-state index contributed by atoms with van der Waals surface area (Å²) in [5.41, 5.74) is 0. The van der Waals surface area contributed by atoms with Gasteiger partial charge >= 0.3 is 5.97 Å². The van der Waals surface area contributed by atoms with E-state index in [9.17, 15) is 9.59 Å². The molecule has 0 unspecified atom stereocenters. The molecular weight excluding hydrogens is 258 g/mol. The molecule has 9 heteroatoms. The van der Waals surface area contributed by atoms with Gasteiger partial charge in [-0.05, 0) is 17.4 Å². The van der Waals surface area contributed by atoms with Gasteiger partial charge in [-0.2, -0.15) is 0 Å². The number of hydrogen-bond acceptors (Lipinski definition) is 7. The van der Waals surface area contributed by atoms with Crippen molar-refractivity contribution in [3.05, 3.63) is 0 Å². The number of aromatic nitrogens is 4. The fourth-order valence-electron chi connectivity index (χ4n) is 1.11. The summed E-state index contributed by atoms with van der Waals surface area (Å²) >= 11 is 1.32. The number of nitrogens with one attached hydrogen (secondary N) is 1. The van der Waals surface area contributed by atoms with E-state index in [1.165, 1.54) is 23.6 Å². The number of methoxy groups -OCH3 is 1. The van der Waals surface area contributed by atoms with Crippen LogP contribution in [-0.4, -0.2) is 51.5 Å². The summed E-state index contributed by atoms with van der Waals surface area (Å²) in [7, 11) is 1.30. The van der Waals surface area contributed by atoms with Crippen molar-refractivity contribution in [2.24, 2.45) is 0 Å². The summed E-state index contributed by atoms with van der Waals surface area (Å²) in [6.07, 6.45) is 0.379. The first-order valence-electron chi connectivity index (χ1n) is 5.39. The summed E-state index contributed by atoms with van der Waals surface area (Å²) in [6.45, 7) is 2.44. The topological polar surface area (TPSA) is 99.0 Å². The predicted molar refractivity (Wildman–Crippen MR) is 63.9 cm³/mol. The van der Waals surface area contributed by atoms with Crippen LogP contribution in [0.1, 0.15) is 13.3 Å². The lowest BCUT2D eigenvalue weighted by molar-refractivity contribution is -0.141. The highest BCUT2D eigenvalue weighted by molar-refractivity contribution is 7.99. The second-order valence-corrected chi connectivity index (χ2v) is 4.31. The Kier molecular flexibility index (Phi) is 6.12. The Balaban J connectivity index is 2.40. The van der Waals surface area contributed by atoms with Crippen LogP contribution in [0.4, 0.5) is 0 Å². The van der Waals surface area contributed by atoms with Crippen LogP contribution in [0.5, 0.6) is 0 Å². The van der Waals surface area contributed by atoms with Crippen LogP contribution in [-0.2, 0) is 20.9 Å². The Morgan fingerprint density at radius 2 is 2.28 bits per heavy atom. The van der Waals surface area contributed by atoms with Crippen LogP contribution in [0.2, 0.25) is 0 Å². The van der Waals surface area contributed by atoms with Crippen LogP contribution >= 0.6 is 11.8 Å². The number of tetrazole rings is 1. The Labute approximate surface area is 108 Å². The molecule has 0 aromatic carbocycles. The Bertz CT molecular complexity index is 409. The molecule has 0 aliphatic rings. The minimum atomic E-state index is -0.423. The average molecular weight is 273 g/mol. The summed E-state index contributed by atoms with van der Waals surface area (Å²) < 4.78 is 5.87. The number of carbonyl (C=O) groups excluding carboxylic acids is 2. The molecule has 8 nitrogen and oxygen atoms in total. The first kappa shape index (κ1) is 14.4. The van der Waals surface area contributed by atoms with Crippen molar-refractivity contribution in [2.45, 2.75) is 25.0 Å². The number of ether oxygens (including phenoxy) is 1. The van der Waals surface area contributed by atoms with Crippen molar-refractivity contribution in [2.75, 3.05) is 19.4 Å². The van der Waals surface area contributed by atoms with Crippen molar-refractivity contribution < 1.29 is 14.3 Å². The molecule has 0 aliphatic carbocycles. The zero-order valence-corrected chi connectivity index (χ0v) is 11.1. The van der Waals surface area contributed by atoms with E-state index in [-0.39, 0.29) is 12.5 Å². The van der Waals surface area contributed by atoms with Gasteiger partial charge in [-0.25, -0.2) is 4.68 Å². The van der Waals surface area contributed by atoms with Crippen molar-refractivity contribution in [3.63, 3.8) is 0 Å². The highest BCUT2D eigenvalue weighted by Gasteiger charge is 2.11. The number of carbonyl (C=O) groups is 2. The monoisotopic (exact) mass is 273 g/mol. The molecule has 1 aromatic rings. The quantitative estimate of drug-likeness (QED) is 0.526. The Hall–Kier alpha value is -1.64. The van der Waals surface area contributed by atoms with Crippen molar-refractivity contribution >= 4 is 23.6 Å². The summed E-state index contributed by atoms with van der Waals surface area (Å²) in [4.78, 5) is 22.3. The van der Waals surface area contributed by atoms with E-state index < -0.39 is 5.97 Å². The summed E-state index contributed by atoms with van der Waals surface area (Å²) in [5.74, 6) is 0.109. The van der Waals surface area contributed by atoms with Gasteiger partial charge in [0.05, 0.1) is 7.11 Å². The summed E-state index contributed by atoms with van der Waals surface area (Å²) in [5, 5.41) is 14.1. The van der Waals surface area contributed by atoms with Crippen molar-refractivity contribution in [1.82, 2.24) is 25.5 Å². The standard InChI is InChI=1S/C9H15N5O3S/c1-3-10-7(15)4-5-18-9-11-12-13-14(9)6-8(16)17-2/h3-6H2,1-2H3,(H,10,15). The third-order valence-electron chi connectivity index (χ3n) is 1.94. The maximum absolute atomic E-state index is 11.2. The van der Waals surface area contributed by atoms with E-state index in [4.69, 9.17) is 0 Å². The molecule has 100 valence electrons. The molecule has 1 amide bonds. The number of hydrogen-bond donors (Lipinski definition) is 1. The predicted octanol–water partition coefficient (Wildman–Crippen LogP) is -0.536. The molecule has 1 aromatic heterocycles. The van der Waals surface area contributed by atoms with E-state index >= 15 is 0 Å². The van der Waals surface area contributed by atoms with Gasteiger partial charge in [0, 0.05) is 18.7 Å². The van der Waals surface area contributed by atoms with Gasteiger partial charge in [0.25, 0.3) is 0 Å². The number of amides is 1. The first-order chi connectivity index (χ1) is 8.67. The fraction of sp³-hybridized carbons (Fsp3) is 0.667. The Morgan fingerprint density at radius 3 is 2.94 bits per heavy atom. The molecule has 0 fully saturated rings. The van der Waals surface area contributed by atoms with Gasteiger partial charge in [-0.1, -0.05) is 11.8 Å². The van der Waals surface area contributed by atoms with E-state index in [0.717, 1.165) is 0 Å². The van der Waals surface area contributed by atoms with Gasteiger partial charge in [0.1, 0.15) is 6.54 Å². The molecule has 0 atom stereocenters. The van der Waals surface area contributed by atoms with Crippen LogP contribution in [0.25, 0.3) is 0 Å². The SMILES string of the molecule is CCNC(=O)CCSc1nnnn1CC(=O)OC. The maximum atomic E-state index is 11.2. The molecule has 0 saturated heterocycles. The van der Waals surface area contributed by atoms with Crippen LogP contribution in [0.3, 0.4) is 0 Å². The second-order valence-electron chi connectivity index (χ2n) is 3.25. The van der Waals surface area contributed by atoms with E-state index in [1.54, 1.807) is 0 Å². The molecule has 18 heavy (non-hydrogen) atoms. The lowest BCUT2D eigenvalue weighted by atomic mass is 10.4. The van der Waals surface area contributed by atoms with Crippen LogP contribution < -0.4 is 5.32 Å². The minimum Gasteiger partial charge on any atom is -0.468 e. The van der Waals surface area contributed by atoms with Gasteiger partial charge in [-0.15, -0.1) is 5.10 Å². The van der Waals surface area contributed by atoms with Crippen LogP contribution in [0, 0.1) is 0 Å². The molecule has 0 saturated carbocycles. The third kappa shape index (κ3) is 4.70. The number of nitrogens with zero attached hydrogens (tertiary/aromatic N) is 4. The van der Waals surface area contributed by atoms with Crippen molar-refractivity contribution in [1.29, 1.82) is 0 Å². The van der Waals surface area contributed by atoms with Crippen LogP contribution in [0.15, 0.2) is 5.16 Å². The molecule has 0 radical (unpaired) electrons. The first-order valence-corrected chi connectivity index (χ1v) is 6.38. The normalized spacial score (nSPS) is 10.1. The van der Waals surface area contributed by atoms with Crippen molar-refractivity contribution in [3.8, 4) is 0 Å². The van der Waals surface area contributed by atoms with E-state index in [0.29, 0.717) is 23.9 Å². The largest absolute Gasteiger partial charge is 0.468 e. The number of thioether (sulfide) groups is 1. The zero-order chi connectivity index (χ0) is 13.4. The maximum Gasteiger partial charge on any atom is 0.327 e. The van der Waals surface area contributed by atoms with E-state index in [2.05, 4.69) is 25.6 Å². The zero-order valence-electron chi connectivity index (χ0n) is 10.3. The van der Waals surface area contributed by atoms with E-state index in [1.807, 2.05) is 6.92 Å². The lowest BCUT2D eigenvalue weighted by Gasteiger charge is -2.03. The Morgan fingerprint density at radius 1 is 1.50 bits per heavy atom. The molecule has 1 heterocycles. The summed E-state index contributed by atoms with van der Waals surface area (Å²) in [6, 6.07) is 0. The molecule has 0 bridgehead atoms. The molecule has 0 spiro atoms. The molecule has 1 rings (SSSR count). The highest BCUT2D eigenvalue weighted by Crippen LogP contribution is 2.14. The molecule has 0 aliphatic heterocycles. The van der Waals surface area contributed by atoms with Gasteiger partial charge in [0.15, 0.2) is 0 Å². The second kappa shape index (κ2) is 7.64. The van der Waals surface area contributed by atoms with Gasteiger partial charge in [-0.3, -0.25) is 9.59 Å². The fourth-order valence-corrected chi connectivity index (χ4v) is 1.92. The number of esters is 1.